The van der Waals surface area contributed by atoms with Crippen LogP contribution in [0.15, 0.2) is 42.5 Å². The highest BCUT2D eigenvalue weighted by Gasteiger charge is 2.45. The van der Waals surface area contributed by atoms with Gasteiger partial charge in [-0.25, -0.2) is 0 Å². The minimum atomic E-state index is -1.58. The van der Waals surface area contributed by atoms with E-state index in [0.717, 1.165) is 11.1 Å². The summed E-state index contributed by atoms with van der Waals surface area (Å²) in [6.07, 6.45) is -7.17. The highest BCUT2D eigenvalue weighted by atomic mass is 16.7. The fourth-order valence-corrected chi connectivity index (χ4v) is 3.67. The average Bonchev–Trinajstić information content (AvgIpc) is 2.82. The molecule has 1 aliphatic rings. The number of rotatable bonds is 8. The Morgan fingerprint density at radius 3 is 2.36 bits per heavy atom. The molecule has 5 atom stereocenters. The fraction of sp³-hybridized carbons (Fsp3) is 0.458. The van der Waals surface area contributed by atoms with Gasteiger partial charge >= 0.3 is 0 Å². The van der Waals surface area contributed by atoms with Gasteiger partial charge in [0.1, 0.15) is 35.9 Å². The number of amides is 1. The van der Waals surface area contributed by atoms with Gasteiger partial charge in [0.2, 0.25) is 6.29 Å². The molecule has 0 aromatic heterocycles. The molecule has 1 heterocycles. The third-order valence-electron chi connectivity index (χ3n) is 5.61. The topological polar surface area (TPSA) is 138 Å². The van der Waals surface area contributed by atoms with E-state index >= 15 is 0 Å². The van der Waals surface area contributed by atoms with Crippen molar-refractivity contribution < 1.29 is 39.4 Å². The molecule has 180 valence electrons. The van der Waals surface area contributed by atoms with Crippen LogP contribution in [-0.4, -0.2) is 70.8 Å². The largest absolute Gasteiger partial charge is 0.497 e. The van der Waals surface area contributed by atoms with Crippen LogP contribution >= 0.6 is 0 Å². The van der Waals surface area contributed by atoms with Gasteiger partial charge in [0.25, 0.3) is 5.91 Å². The lowest BCUT2D eigenvalue weighted by Crippen LogP contribution is -2.60. The molecule has 0 unspecified atom stereocenters. The standard InChI is InChI=1S/C24H31NO8/c1-13(2)16-5-4-6-17(32-24-22(29)21(28)20(27)18(12-26)33-24)19(16)23(30)25-11-14-7-9-15(31-3)10-8-14/h4-10,13,18,20-22,24,26-29H,11-12H2,1-3H3,(H,25,30)/t18-,20-,21+,22-,24-/m1/s1. The molecule has 9 nitrogen and oxygen atoms in total. The first-order valence-electron chi connectivity index (χ1n) is 10.8. The number of nitrogens with one attached hydrogen (secondary N) is 1. The van der Waals surface area contributed by atoms with Gasteiger partial charge in [-0.2, -0.15) is 0 Å². The Labute approximate surface area is 192 Å². The summed E-state index contributed by atoms with van der Waals surface area (Å²) in [7, 11) is 1.58. The second-order valence-electron chi connectivity index (χ2n) is 8.22. The fourth-order valence-electron chi connectivity index (χ4n) is 3.67. The van der Waals surface area contributed by atoms with Crippen LogP contribution in [0.3, 0.4) is 0 Å². The molecule has 1 aliphatic heterocycles. The van der Waals surface area contributed by atoms with Crippen molar-refractivity contribution in [3.05, 3.63) is 59.2 Å². The highest BCUT2D eigenvalue weighted by Crippen LogP contribution is 2.31. The zero-order valence-corrected chi connectivity index (χ0v) is 18.8. The van der Waals surface area contributed by atoms with Gasteiger partial charge in [0.15, 0.2) is 0 Å². The number of hydrogen-bond acceptors (Lipinski definition) is 8. The molecule has 1 saturated heterocycles. The normalized spacial score (nSPS) is 25.0. The Morgan fingerprint density at radius 1 is 1.06 bits per heavy atom. The molecular weight excluding hydrogens is 430 g/mol. The summed E-state index contributed by atoms with van der Waals surface area (Å²) in [5.41, 5.74) is 1.88. The van der Waals surface area contributed by atoms with Crippen LogP contribution < -0.4 is 14.8 Å². The first-order chi connectivity index (χ1) is 15.8. The Kier molecular flexibility index (Phi) is 8.28. The SMILES string of the molecule is COc1ccc(CNC(=O)c2c(O[C@@H]3O[C@H](CO)[C@@H](O)[C@H](O)[C@H]3O)cccc2C(C)C)cc1. The lowest BCUT2D eigenvalue weighted by molar-refractivity contribution is -0.277. The minimum Gasteiger partial charge on any atom is -0.497 e. The zero-order valence-electron chi connectivity index (χ0n) is 18.8. The molecule has 2 aromatic rings. The van der Waals surface area contributed by atoms with E-state index in [4.69, 9.17) is 14.2 Å². The smallest absolute Gasteiger partial charge is 0.255 e. The molecular formula is C24H31NO8. The van der Waals surface area contributed by atoms with E-state index < -0.39 is 37.3 Å². The molecule has 9 heteroatoms. The molecule has 3 rings (SSSR count). The lowest BCUT2D eigenvalue weighted by Gasteiger charge is -2.39. The number of carbonyl (C=O) groups excluding carboxylic acids is 1. The van der Waals surface area contributed by atoms with Crippen LogP contribution in [0.4, 0.5) is 0 Å². The molecule has 1 amide bonds. The predicted molar refractivity (Wildman–Crippen MR) is 119 cm³/mol. The lowest BCUT2D eigenvalue weighted by atomic mass is 9.95. The van der Waals surface area contributed by atoms with Gasteiger partial charge in [-0.3, -0.25) is 4.79 Å². The Bertz CT molecular complexity index is 931. The van der Waals surface area contributed by atoms with E-state index in [9.17, 15) is 25.2 Å². The van der Waals surface area contributed by atoms with Gasteiger partial charge in [-0.15, -0.1) is 0 Å². The van der Waals surface area contributed by atoms with Gasteiger partial charge in [-0.05, 0) is 35.2 Å². The molecule has 33 heavy (non-hydrogen) atoms. The van der Waals surface area contributed by atoms with Crippen molar-refractivity contribution in [1.29, 1.82) is 0 Å². The number of aliphatic hydroxyl groups excluding tert-OH is 4. The van der Waals surface area contributed by atoms with Gasteiger partial charge in [0, 0.05) is 6.54 Å². The average molecular weight is 462 g/mol. The van der Waals surface area contributed by atoms with Crippen molar-refractivity contribution in [2.75, 3.05) is 13.7 Å². The Hall–Kier alpha value is -2.69. The van der Waals surface area contributed by atoms with Gasteiger partial charge in [-0.1, -0.05) is 38.1 Å². The minimum absolute atomic E-state index is 0.00918. The molecule has 5 N–H and O–H groups in total. The van der Waals surface area contributed by atoms with Crippen LogP contribution in [0.5, 0.6) is 11.5 Å². The van der Waals surface area contributed by atoms with E-state index in [1.165, 1.54) is 0 Å². The maximum atomic E-state index is 13.2. The quantitative estimate of drug-likeness (QED) is 0.391. The molecule has 0 bridgehead atoms. The summed E-state index contributed by atoms with van der Waals surface area (Å²) in [5.74, 6) is 0.475. The van der Waals surface area contributed by atoms with Gasteiger partial charge in [0.05, 0.1) is 19.3 Å². The second kappa shape index (κ2) is 11.0. The van der Waals surface area contributed by atoms with E-state index in [-0.39, 0.29) is 29.7 Å². The third kappa shape index (κ3) is 5.63. The number of aliphatic hydroxyl groups is 4. The molecule has 0 radical (unpaired) electrons. The molecule has 2 aromatic carbocycles. The number of benzene rings is 2. The number of ether oxygens (including phenoxy) is 3. The molecule has 0 saturated carbocycles. The summed E-state index contributed by atoms with van der Waals surface area (Å²) in [4.78, 5) is 13.2. The van der Waals surface area contributed by atoms with E-state index in [0.29, 0.717) is 5.75 Å². The van der Waals surface area contributed by atoms with E-state index in [2.05, 4.69) is 5.32 Å². The van der Waals surface area contributed by atoms with Crippen molar-refractivity contribution in [2.45, 2.75) is 57.0 Å². The Balaban J connectivity index is 1.84. The third-order valence-corrected chi connectivity index (χ3v) is 5.61. The molecule has 1 fully saturated rings. The van der Waals surface area contributed by atoms with Gasteiger partial charge < -0.3 is 40.0 Å². The highest BCUT2D eigenvalue weighted by molar-refractivity contribution is 5.98. The van der Waals surface area contributed by atoms with Crippen molar-refractivity contribution in [2.24, 2.45) is 0 Å². The van der Waals surface area contributed by atoms with Crippen molar-refractivity contribution in [3.8, 4) is 11.5 Å². The number of methoxy groups -OCH3 is 1. The first-order valence-corrected chi connectivity index (χ1v) is 10.8. The first kappa shape index (κ1) is 24.9. The Morgan fingerprint density at radius 2 is 1.76 bits per heavy atom. The van der Waals surface area contributed by atoms with Crippen molar-refractivity contribution >= 4 is 5.91 Å². The van der Waals surface area contributed by atoms with Crippen LogP contribution in [0, 0.1) is 0 Å². The summed E-state index contributed by atoms with van der Waals surface area (Å²) in [6, 6.07) is 12.4. The monoisotopic (exact) mass is 461 g/mol. The second-order valence-corrected chi connectivity index (χ2v) is 8.22. The van der Waals surface area contributed by atoms with Crippen LogP contribution in [0.1, 0.15) is 41.3 Å². The van der Waals surface area contributed by atoms with Crippen LogP contribution in [0.2, 0.25) is 0 Å². The maximum absolute atomic E-state index is 13.2. The van der Waals surface area contributed by atoms with Crippen molar-refractivity contribution in [1.82, 2.24) is 5.32 Å². The molecule has 0 aliphatic carbocycles. The summed E-state index contributed by atoms with van der Waals surface area (Å²) < 4.78 is 16.4. The van der Waals surface area contributed by atoms with E-state index in [1.54, 1.807) is 31.4 Å². The van der Waals surface area contributed by atoms with Crippen LogP contribution in [0.25, 0.3) is 0 Å². The number of hydrogen-bond donors (Lipinski definition) is 5. The predicted octanol–water partition coefficient (Wildman–Crippen LogP) is 0.927. The van der Waals surface area contributed by atoms with Crippen LogP contribution in [-0.2, 0) is 11.3 Å². The maximum Gasteiger partial charge on any atom is 0.255 e. The van der Waals surface area contributed by atoms with Crippen molar-refractivity contribution in [3.63, 3.8) is 0 Å². The molecule has 0 spiro atoms. The van der Waals surface area contributed by atoms with E-state index in [1.807, 2.05) is 32.0 Å². The zero-order chi connectivity index (χ0) is 24.1. The number of carbonyl (C=O) groups is 1. The summed E-state index contributed by atoms with van der Waals surface area (Å²) in [5, 5.41) is 42.7. The summed E-state index contributed by atoms with van der Waals surface area (Å²) >= 11 is 0. The summed E-state index contributed by atoms with van der Waals surface area (Å²) in [6.45, 7) is 3.57.